The number of imide groups is 1. The number of hydrogen-bond donors (Lipinski definition) is 0. The largest absolute Gasteiger partial charge is 0.278 e. The Morgan fingerprint density at radius 3 is 2.18 bits per heavy atom. The van der Waals surface area contributed by atoms with E-state index in [9.17, 15) is 9.59 Å². The molecule has 1 saturated heterocycles. The summed E-state index contributed by atoms with van der Waals surface area (Å²) in [5.74, 6) is -0.209. The number of likely N-dealkylation sites (tertiary alicyclic amines) is 1. The summed E-state index contributed by atoms with van der Waals surface area (Å²) in [5, 5.41) is 0. The second-order valence-corrected chi connectivity index (χ2v) is 3.59. The molecule has 1 heterocycles. The van der Waals surface area contributed by atoms with Crippen LogP contribution in [-0.2, 0) is 9.59 Å². The molecular weight excluding hydrogens is 142 g/mol. The molecule has 0 bridgehead atoms. The van der Waals surface area contributed by atoms with Gasteiger partial charge in [0.05, 0.1) is 11.5 Å². The molecule has 1 fully saturated rings. The average Bonchev–Trinajstić information content (AvgIpc) is 1.87. The van der Waals surface area contributed by atoms with E-state index in [2.05, 4.69) is 0 Å². The molecular formula is C8H13NO2. The van der Waals surface area contributed by atoms with E-state index in [1.807, 2.05) is 20.8 Å². The molecule has 0 spiro atoms. The molecule has 3 nitrogen and oxygen atoms in total. The summed E-state index contributed by atoms with van der Waals surface area (Å²) < 4.78 is 0. The smallest absolute Gasteiger partial charge is 0.237 e. The minimum atomic E-state index is -0.342. The van der Waals surface area contributed by atoms with Gasteiger partial charge in [-0.1, -0.05) is 0 Å². The van der Waals surface area contributed by atoms with Crippen LogP contribution in [0.3, 0.4) is 0 Å². The van der Waals surface area contributed by atoms with E-state index in [1.165, 1.54) is 11.8 Å². The minimum absolute atomic E-state index is 0.0486. The van der Waals surface area contributed by atoms with Gasteiger partial charge in [-0.05, 0) is 20.8 Å². The van der Waals surface area contributed by atoms with E-state index in [0.717, 1.165) is 0 Å². The maximum atomic E-state index is 11.2. The minimum Gasteiger partial charge on any atom is -0.278 e. The Labute approximate surface area is 66.4 Å². The lowest BCUT2D eigenvalue weighted by atomic mass is 9.75. The van der Waals surface area contributed by atoms with Crippen LogP contribution in [0.25, 0.3) is 0 Å². The number of hydrogen-bond acceptors (Lipinski definition) is 2. The van der Waals surface area contributed by atoms with Crippen LogP contribution in [0.5, 0.6) is 0 Å². The lowest BCUT2D eigenvalue weighted by molar-refractivity contribution is -0.173. The van der Waals surface area contributed by atoms with Crippen molar-refractivity contribution in [2.45, 2.75) is 33.7 Å². The number of carbonyl (C=O) groups excluding carboxylic acids is 2. The first-order valence-corrected chi connectivity index (χ1v) is 3.73. The van der Waals surface area contributed by atoms with Crippen molar-refractivity contribution in [3.05, 3.63) is 0 Å². The zero-order chi connectivity index (χ0) is 8.81. The lowest BCUT2D eigenvalue weighted by Crippen LogP contribution is -2.66. The third-order valence-electron chi connectivity index (χ3n) is 2.54. The van der Waals surface area contributed by atoms with E-state index in [1.54, 1.807) is 0 Å². The van der Waals surface area contributed by atoms with Crippen LogP contribution < -0.4 is 0 Å². The van der Waals surface area contributed by atoms with Gasteiger partial charge in [-0.3, -0.25) is 14.5 Å². The van der Waals surface area contributed by atoms with Crippen LogP contribution in [0.15, 0.2) is 0 Å². The molecule has 1 aliphatic rings. The van der Waals surface area contributed by atoms with E-state index in [4.69, 9.17) is 0 Å². The summed E-state index contributed by atoms with van der Waals surface area (Å²) in [6.45, 7) is 7.03. The zero-order valence-electron chi connectivity index (χ0n) is 7.34. The van der Waals surface area contributed by atoms with Crippen LogP contribution in [0, 0.1) is 5.41 Å². The van der Waals surface area contributed by atoms with Crippen molar-refractivity contribution in [1.29, 1.82) is 0 Å². The average molecular weight is 155 g/mol. The first kappa shape index (κ1) is 8.24. The molecule has 0 aromatic carbocycles. The van der Waals surface area contributed by atoms with E-state index < -0.39 is 0 Å². The third kappa shape index (κ3) is 0.870. The molecule has 0 aliphatic carbocycles. The third-order valence-corrected chi connectivity index (χ3v) is 2.54. The van der Waals surface area contributed by atoms with Gasteiger partial charge in [0, 0.05) is 6.92 Å². The van der Waals surface area contributed by atoms with Crippen molar-refractivity contribution < 1.29 is 9.59 Å². The van der Waals surface area contributed by atoms with Gasteiger partial charge in [0.1, 0.15) is 0 Å². The first-order valence-electron chi connectivity index (χ1n) is 3.73. The molecule has 0 saturated carbocycles. The molecule has 2 amide bonds. The highest BCUT2D eigenvalue weighted by molar-refractivity contribution is 6.02. The molecule has 11 heavy (non-hydrogen) atoms. The van der Waals surface area contributed by atoms with E-state index in [0.29, 0.717) is 0 Å². The van der Waals surface area contributed by atoms with Gasteiger partial charge in [-0.2, -0.15) is 0 Å². The first-order chi connectivity index (χ1) is 4.89. The Balaban J connectivity index is 2.81. The summed E-state index contributed by atoms with van der Waals surface area (Å²) in [6.07, 6.45) is 0. The monoisotopic (exact) mass is 155 g/mol. The van der Waals surface area contributed by atoms with Crippen molar-refractivity contribution in [1.82, 2.24) is 4.90 Å². The fourth-order valence-electron chi connectivity index (χ4n) is 1.34. The predicted molar refractivity (Wildman–Crippen MR) is 40.8 cm³/mol. The molecule has 0 radical (unpaired) electrons. The van der Waals surface area contributed by atoms with Crippen LogP contribution in [0.2, 0.25) is 0 Å². The molecule has 0 aromatic heterocycles. The maximum absolute atomic E-state index is 11.2. The van der Waals surface area contributed by atoms with Gasteiger partial charge < -0.3 is 0 Å². The van der Waals surface area contributed by atoms with Gasteiger partial charge in [0.2, 0.25) is 11.8 Å². The van der Waals surface area contributed by atoms with Gasteiger partial charge in [0.25, 0.3) is 0 Å². The topological polar surface area (TPSA) is 37.4 Å². The molecule has 0 unspecified atom stereocenters. The molecule has 62 valence electrons. The molecule has 1 rings (SSSR count). The highest BCUT2D eigenvalue weighted by Crippen LogP contribution is 2.37. The quantitative estimate of drug-likeness (QED) is 0.485. The number of β-lactam (4-membered cyclic amide) rings is 1. The lowest BCUT2D eigenvalue weighted by Gasteiger charge is -2.49. The Morgan fingerprint density at radius 2 is 2.00 bits per heavy atom. The normalized spacial score (nSPS) is 28.2. The summed E-state index contributed by atoms with van der Waals surface area (Å²) in [7, 11) is 0. The van der Waals surface area contributed by atoms with Gasteiger partial charge in [-0.15, -0.1) is 0 Å². The fourth-order valence-corrected chi connectivity index (χ4v) is 1.34. The molecule has 0 N–H and O–H groups in total. The second-order valence-electron chi connectivity index (χ2n) is 3.59. The maximum Gasteiger partial charge on any atom is 0.237 e. The SMILES string of the molecule is CC(=O)N1C(=O)C(C)(C)[C@@H]1C. The Bertz CT molecular complexity index is 220. The standard InChI is InChI=1S/C8H13NO2/c1-5-8(3,4)7(11)9(5)6(2)10/h5H,1-4H3/t5-/m0/s1. The fraction of sp³-hybridized carbons (Fsp3) is 0.750. The Morgan fingerprint density at radius 1 is 1.55 bits per heavy atom. The van der Waals surface area contributed by atoms with Crippen molar-refractivity contribution in [3.8, 4) is 0 Å². The predicted octanol–water partition coefficient (Wildman–Crippen LogP) is 0.790. The number of carbonyl (C=O) groups is 2. The van der Waals surface area contributed by atoms with Crippen LogP contribution in [0.4, 0.5) is 0 Å². The molecule has 3 heteroatoms. The van der Waals surface area contributed by atoms with Gasteiger partial charge >= 0.3 is 0 Å². The summed E-state index contributed by atoms with van der Waals surface area (Å²) in [5.41, 5.74) is -0.342. The number of nitrogens with zero attached hydrogens (tertiary/aromatic N) is 1. The Hall–Kier alpha value is -0.860. The number of amides is 2. The van der Waals surface area contributed by atoms with Crippen molar-refractivity contribution in [2.24, 2.45) is 5.41 Å². The zero-order valence-corrected chi connectivity index (χ0v) is 7.34. The molecule has 1 aliphatic heterocycles. The highest BCUT2D eigenvalue weighted by atomic mass is 16.2. The summed E-state index contributed by atoms with van der Waals surface area (Å²) >= 11 is 0. The summed E-state index contributed by atoms with van der Waals surface area (Å²) in [6, 6.07) is 0.0486. The van der Waals surface area contributed by atoms with Crippen molar-refractivity contribution >= 4 is 11.8 Å². The van der Waals surface area contributed by atoms with Crippen molar-refractivity contribution in [3.63, 3.8) is 0 Å². The van der Waals surface area contributed by atoms with Crippen LogP contribution in [0.1, 0.15) is 27.7 Å². The highest BCUT2D eigenvalue weighted by Gasteiger charge is 2.53. The molecule has 0 aromatic rings. The van der Waals surface area contributed by atoms with Crippen LogP contribution >= 0.6 is 0 Å². The van der Waals surface area contributed by atoms with Gasteiger partial charge in [-0.25, -0.2) is 0 Å². The van der Waals surface area contributed by atoms with Crippen LogP contribution in [-0.4, -0.2) is 22.8 Å². The Kier molecular flexibility index (Phi) is 1.54. The van der Waals surface area contributed by atoms with E-state index >= 15 is 0 Å². The van der Waals surface area contributed by atoms with Gasteiger partial charge in [0.15, 0.2) is 0 Å². The van der Waals surface area contributed by atoms with E-state index in [-0.39, 0.29) is 23.3 Å². The number of rotatable bonds is 0. The van der Waals surface area contributed by atoms with Crippen molar-refractivity contribution in [2.75, 3.05) is 0 Å². The summed E-state index contributed by atoms with van der Waals surface area (Å²) in [4.78, 5) is 23.4. The second kappa shape index (κ2) is 2.06. The molecule has 1 atom stereocenters.